The van der Waals surface area contributed by atoms with Crippen LogP contribution in [0.5, 0.6) is 0 Å². The van der Waals surface area contributed by atoms with E-state index in [0.29, 0.717) is 12.2 Å². The van der Waals surface area contributed by atoms with Crippen LogP contribution in [0.2, 0.25) is 0 Å². The van der Waals surface area contributed by atoms with E-state index in [1.54, 1.807) is 10.9 Å². The van der Waals surface area contributed by atoms with Crippen molar-refractivity contribution in [2.24, 2.45) is 0 Å². The Morgan fingerprint density at radius 3 is 2.62 bits per heavy atom. The first-order valence-corrected chi connectivity index (χ1v) is 7.04. The van der Waals surface area contributed by atoms with Crippen molar-refractivity contribution in [1.29, 1.82) is 0 Å². The van der Waals surface area contributed by atoms with E-state index in [2.05, 4.69) is 22.6 Å². The molecule has 6 heteroatoms. The summed E-state index contributed by atoms with van der Waals surface area (Å²) in [6, 6.07) is 8.05. The minimum atomic E-state index is -0.201. The maximum Gasteiger partial charge on any atom is 0.273 e. The van der Waals surface area contributed by atoms with Crippen molar-refractivity contribution in [1.82, 2.24) is 25.2 Å². The van der Waals surface area contributed by atoms with Crippen molar-refractivity contribution >= 4 is 5.91 Å². The van der Waals surface area contributed by atoms with E-state index >= 15 is 0 Å². The minimum Gasteiger partial charge on any atom is -0.349 e. The molecule has 0 atom stereocenters. The molecule has 1 aromatic heterocycles. The van der Waals surface area contributed by atoms with Gasteiger partial charge in [-0.1, -0.05) is 24.3 Å². The summed E-state index contributed by atoms with van der Waals surface area (Å²) in [4.78, 5) is 13.9. The van der Waals surface area contributed by atoms with Crippen molar-refractivity contribution in [3.05, 3.63) is 41.7 Å². The lowest BCUT2D eigenvalue weighted by Gasteiger charge is -2.09. The van der Waals surface area contributed by atoms with E-state index in [0.717, 1.165) is 18.7 Å². The summed E-state index contributed by atoms with van der Waals surface area (Å²) in [5, 5.41) is 10.7. The second kappa shape index (κ2) is 6.99. The topological polar surface area (TPSA) is 63.1 Å². The molecular weight excluding hydrogens is 266 g/mol. The zero-order valence-electron chi connectivity index (χ0n) is 12.7. The lowest BCUT2D eigenvalue weighted by molar-refractivity contribution is 0.0946. The van der Waals surface area contributed by atoms with Crippen LogP contribution in [0.4, 0.5) is 0 Å². The zero-order valence-corrected chi connectivity index (χ0v) is 12.7. The maximum atomic E-state index is 11.9. The van der Waals surface area contributed by atoms with E-state index < -0.39 is 0 Å². The molecule has 2 aromatic rings. The van der Waals surface area contributed by atoms with Crippen LogP contribution in [0.15, 0.2) is 30.5 Å². The van der Waals surface area contributed by atoms with Crippen molar-refractivity contribution in [3.8, 4) is 5.69 Å². The first-order valence-electron chi connectivity index (χ1n) is 7.04. The smallest absolute Gasteiger partial charge is 0.273 e. The van der Waals surface area contributed by atoms with Crippen molar-refractivity contribution in [2.75, 3.05) is 27.2 Å². The molecule has 0 radical (unpaired) electrons. The molecule has 1 amide bonds. The summed E-state index contributed by atoms with van der Waals surface area (Å²) in [7, 11) is 3.92. The number of benzene rings is 1. The molecule has 0 aliphatic heterocycles. The molecule has 21 heavy (non-hydrogen) atoms. The molecule has 0 unspecified atom stereocenters. The van der Waals surface area contributed by atoms with Crippen LogP contribution in [-0.4, -0.2) is 53.0 Å². The zero-order chi connectivity index (χ0) is 15.2. The largest absolute Gasteiger partial charge is 0.349 e. The normalized spacial score (nSPS) is 10.9. The van der Waals surface area contributed by atoms with E-state index in [1.807, 2.05) is 43.3 Å². The number of likely N-dealkylation sites (N-methyl/N-ethyl adjacent to an activating group) is 1. The van der Waals surface area contributed by atoms with Gasteiger partial charge in [0.15, 0.2) is 5.69 Å². The second-order valence-corrected chi connectivity index (χ2v) is 5.13. The molecule has 0 aliphatic carbocycles. The number of carbonyl (C=O) groups excluding carboxylic acids is 1. The van der Waals surface area contributed by atoms with Crippen molar-refractivity contribution in [3.63, 3.8) is 0 Å². The van der Waals surface area contributed by atoms with Crippen molar-refractivity contribution < 1.29 is 4.79 Å². The molecule has 6 nitrogen and oxygen atoms in total. The van der Waals surface area contributed by atoms with Crippen LogP contribution in [0.3, 0.4) is 0 Å². The molecule has 0 bridgehead atoms. The predicted molar refractivity (Wildman–Crippen MR) is 81.6 cm³/mol. The summed E-state index contributed by atoms with van der Waals surface area (Å²) in [6.45, 7) is 3.49. The Hall–Kier alpha value is -2.21. The summed E-state index contributed by atoms with van der Waals surface area (Å²) in [5.74, 6) is -0.201. The monoisotopic (exact) mass is 287 g/mol. The van der Waals surface area contributed by atoms with E-state index in [-0.39, 0.29) is 5.91 Å². The third-order valence-electron chi connectivity index (χ3n) is 3.18. The molecule has 112 valence electrons. The van der Waals surface area contributed by atoms with Gasteiger partial charge in [0, 0.05) is 13.1 Å². The summed E-state index contributed by atoms with van der Waals surface area (Å²) >= 11 is 0. The number of nitrogens with zero attached hydrogens (tertiary/aromatic N) is 4. The van der Waals surface area contributed by atoms with Gasteiger partial charge >= 0.3 is 0 Å². The highest BCUT2D eigenvalue weighted by atomic mass is 16.2. The third-order valence-corrected chi connectivity index (χ3v) is 3.18. The van der Waals surface area contributed by atoms with Gasteiger partial charge in [-0.2, -0.15) is 0 Å². The average Bonchev–Trinajstić information content (AvgIpc) is 2.97. The molecule has 1 aromatic carbocycles. The van der Waals surface area contributed by atoms with Crippen LogP contribution in [-0.2, 0) is 6.42 Å². The molecule has 0 saturated heterocycles. The van der Waals surface area contributed by atoms with Gasteiger partial charge in [-0.25, -0.2) is 4.68 Å². The maximum absolute atomic E-state index is 11.9. The number of aryl methyl sites for hydroxylation is 1. The fourth-order valence-electron chi connectivity index (χ4n) is 1.86. The van der Waals surface area contributed by atoms with E-state index in [1.165, 1.54) is 5.56 Å². The molecule has 0 fully saturated rings. The highest BCUT2D eigenvalue weighted by molar-refractivity contribution is 5.91. The third kappa shape index (κ3) is 4.13. The summed E-state index contributed by atoms with van der Waals surface area (Å²) in [5.41, 5.74) is 2.49. The Bertz CT molecular complexity index is 588. The molecular formula is C15H21N5O. The van der Waals surface area contributed by atoms with Gasteiger partial charge in [0.1, 0.15) is 0 Å². The highest BCUT2D eigenvalue weighted by Crippen LogP contribution is 2.09. The Morgan fingerprint density at radius 1 is 1.29 bits per heavy atom. The SMILES string of the molecule is CCc1ccc(-n2cc(C(=O)NCCN(C)C)nn2)cc1. The highest BCUT2D eigenvalue weighted by Gasteiger charge is 2.11. The Morgan fingerprint density at radius 2 is 2.00 bits per heavy atom. The Kier molecular flexibility index (Phi) is 5.05. The second-order valence-electron chi connectivity index (χ2n) is 5.13. The quantitative estimate of drug-likeness (QED) is 0.865. The summed E-state index contributed by atoms with van der Waals surface area (Å²) < 4.78 is 1.61. The van der Waals surface area contributed by atoms with Crippen LogP contribution in [0, 0.1) is 0 Å². The van der Waals surface area contributed by atoms with Gasteiger partial charge in [0.2, 0.25) is 0 Å². The molecule has 0 aliphatic rings. The lowest BCUT2D eigenvalue weighted by atomic mass is 10.1. The summed E-state index contributed by atoms with van der Waals surface area (Å²) in [6.07, 6.45) is 2.64. The molecule has 1 heterocycles. The fraction of sp³-hybridized carbons (Fsp3) is 0.400. The van der Waals surface area contributed by atoms with E-state index in [9.17, 15) is 4.79 Å². The number of hydrogen-bond donors (Lipinski definition) is 1. The van der Waals surface area contributed by atoms with Gasteiger partial charge in [-0.05, 0) is 38.2 Å². The Labute approximate surface area is 124 Å². The Balaban J connectivity index is 2.01. The average molecular weight is 287 g/mol. The number of carbonyl (C=O) groups is 1. The number of hydrogen-bond acceptors (Lipinski definition) is 4. The molecule has 0 saturated carbocycles. The van der Waals surface area contributed by atoms with Crippen LogP contribution in [0.1, 0.15) is 23.0 Å². The molecule has 0 spiro atoms. The number of aromatic nitrogens is 3. The van der Waals surface area contributed by atoms with Crippen LogP contribution >= 0.6 is 0 Å². The van der Waals surface area contributed by atoms with Gasteiger partial charge in [0.05, 0.1) is 11.9 Å². The molecule has 1 N–H and O–H groups in total. The minimum absolute atomic E-state index is 0.201. The van der Waals surface area contributed by atoms with Gasteiger partial charge < -0.3 is 10.2 Å². The van der Waals surface area contributed by atoms with Crippen LogP contribution in [0.25, 0.3) is 5.69 Å². The predicted octanol–water partition coefficient (Wildman–Crippen LogP) is 1.12. The van der Waals surface area contributed by atoms with Gasteiger partial charge in [0.25, 0.3) is 5.91 Å². The standard InChI is InChI=1S/C15H21N5O/c1-4-12-5-7-13(8-6-12)20-11-14(17-18-20)15(21)16-9-10-19(2)3/h5-8,11H,4,9-10H2,1-3H3,(H,16,21). The van der Waals surface area contributed by atoms with Gasteiger partial charge in [-0.15, -0.1) is 5.10 Å². The van der Waals surface area contributed by atoms with E-state index in [4.69, 9.17) is 0 Å². The first kappa shape index (κ1) is 15.2. The fourth-order valence-corrected chi connectivity index (χ4v) is 1.86. The number of rotatable bonds is 6. The lowest BCUT2D eigenvalue weighted by Crippen LogP contribution is -2.31. The molecule has 2 rings (SSSR count). The number of nitrogens with one attached hydrogen (secondary N) is 1. The first-order chi connectivity index (χ1) is 10.1. The van der Waals surface area contributed by atoms with Crippen LogP contribution < -0.4 is 5.32 Å². The number of amides is 1. The van der Waals surface area contributed by atoms with Crippen molar-refractivity contribution in [2.45, 2.75) is 13.3 Å². The van der Waals surface area contributed by atoms with Gasteiger partial charge in [-0.3, -0.25) is 4.79 Å².